The van der Waals surface area contributed by atoms with Crippen molar-refractivity contribution in [3.63, 3.8) is 0 Å². The van der Waals surface area contributed by atoms with E-state index < -0.39 is 11.8 Å². The number of nitrogens with one attached hydrogen (secondary N) is 1. The highest BCUT2D eigenvalue weighted by Crippen LogP contribution is 2.08. The molecular weight excluding hydrogens is 211 g/mol. The molecule has 1 aromatic rings. The fraction of sp³-hybridized carbons (Fsp3) is 0.273. The largest absolute Gasteiger partial charge is 0.481 e. The van der Waals surface area contributed by atoms with Crippen molar-refractivity contribution < 1.29 is 14.3 Å². The Labute approximate surface area is 92.3 Å². The lowest BCUT2D eigenvalue weighted by Gasteiger charge is -2.04. The van der Waals surface area contributed by atoms with Crippen LogP contribution in [0.4, 0.5) is 4.39 Å². The summed E-state index contributed by atoms with van der Waals surface area (Å²) in [7, 11) is 0. The second kappa shape index (κ2) is 5.83. The first kappa shape index (κ1) is 12.1. The van der Waals surface area contributed by atoms with Gasteiger partial charge < -0.3 is 10.4 Å². The fourth-order valence-corrected chi connectivity index (χ4v) is 1.25. The van der Waals surface area contributed by atoms with E-state index in [4.69, 9.17) is 10.4 Å². The predicted octanol–water partition coefficient (Wildman–Crippen LogP) is 1.26. The molecule has 84 valence electrons. The Hall–Kier alpha value is -1.93. The highest BCUT2D eigenvalue weighted by atomic mass is 19.1. The summed E-state index contributed by atoms with van der Waals surface area (Å²) >= 11 is 0. The molecule has 1 rings (SSSR count). The molecule has 0 unspecified atom stereocenters. The Morgan fingerprint density at radius 1 is 1.50 bits per heavy atom. The first-order valence-electron chi connectivity index (χ1n) is 4.74. The van der Waals surface area contributed by atoms with Gasteiger partial charge in [-0.2, -0.15) is 5.26 Å². The van der Waals surface area contributed by atoms with E-state index in [1.807, 2.05) is 6.07 Å². The van der Waals surface area contributed by atoms with E-state index in [1.54, 1.807) is 6.07 Å². The van der Waals surface area contributed by atoms with Crippen LogP contribution in [-0.2, 0) is 11.3 Å². The van der Waals surface area contributed by atoms with Crippen LogP contribution in [0.25, 0.3) is 0 Å². The molecule has 0 heterocycles. The van der Waals surface area contributed by atoms with Gasteiger partial charge in [-0.25, -0.2) is 4.39 Å². The molecule has 0 atom stereocenters. The summed E-state index contributed by atoms with van der Waals surface area (Å²) in [5, 5.41) is 19.9. The SMILES string of the molecule is N#Cc1cc(F)cc(CNCCC(=O)O)c1. The third-order valence-electron chi connectivity index (χ3n) is 1.93. The van der Waals surface area contributed by atoms with Gasteiger partial charge in [0.05, 0.1) is 18.1 Å². The molecule has 0 amide bonds. The number of benzene rings is 1. The van der Waals surface area contributed by atoms with Crippen molar-refractivity contribution in [2.75, 3.05) is 6.54 Å². The Balaban J connectivity index is 2.51. The fourth-order valence-electron chi connectivity index (χ4n) is 1.25. The Kier molecular flexibility index (Phi) is 4.42. The number of nitriles is 1. The number of nitrogens with zero attached hydrogens (tertiary/aromatic N) is 1. The molecule has 0 aliphatic heterocycles. The van der Waals surface area contributed by atoms with Crippen LogP contribution in [-0.4, -0.2) is 17.6 Å². The average molecular weight is 222 g/mol. The van der Waals surface area contributed by atoms with Crippen molar-refractivity contribution in [3.8, 4) is 6.07 Å². The van der Waals surface area contributed by atoms with Gasteiger partial charge in [-0.3, -0.25) is 4.79 Å². The zero-order valence-corrected chi connectivity index (χ0v) is 8.53. The summed E-state index contributed by atoms with van der Waals surface area (Å²) in [6.45, 7) is 0.660. The van der Waals surface area contributed by atoms with Crippen LogP contribution >= 0.6 is 0 Å². The minimum absolute atomic E-state index is 0.0143. The topological polar surface area (TPSA) is 73.1 Å². The third-order valence-corrected chi connectivity index (χ3v) is 1.93. The van der Waals surface area contributed by atoms with Gasteiger partial charge in [-0.1, -0.05) is 0 Å². The standard InChI is InChI=1S/C11H11FN2O2/c12-10-4-8(6-13)3-9(5-10)7-14-2-1-11(15)16/h3-5,14H,1-2,7H2,(H,15,16). The summed E-state index contributed by atoms with van der Waals surface area (Å²) in [6, 6.07) is 5.89. The lowest BCUT2D eigenvalue weighted by molar-refractivity contribution is -0.136. The number of hydrogen-bond donors (Lipinski definition) is 2. The molecule has 0 aliphatic rings. The highest BCUT2D eigenvalue weighted by Gasteiger charge is 2.01. The molecule has 4 nitrogen and oxygen atoms in total. The van der Waals surface area contributed by atoms with E-state index in [1.165, 1.54) is 6.07 Å². The molecule has 0 saturated carbocycles. The number of hydrogen-bond acceptors (Lipinski definition) is 3. The van der Waals surface area contributed by atoms with Gasteiger partial charge in [0.15, 0.2) is 0 Å². The van der Waals surface area contributed by atoms with E-state index in [0.29, 0.717) is 18.7 Å². The Morgan fingerprint density at radius 3 is 2.88 bits per heavy atom. The van der Waals surface area contributed by atoms with E-state index in [9.17, 15) is 9.18 Å². The molecule has 0 aromatic heterocycles. The molecule has 0 aliphatic carbocycles. The Morgan fingerprint density at radius 2 is 2.25 bits per heavy atom. The van der Waals surface area contributed by atoms with Crippen molar-refractivity contribution in [2.45, 2.75) is 13.0 Å². The number of rotatable bonds is 5. The Bertz CT molecular complexity index is 426. The van der Waals surface area contributed by atoms with Crippen LogP contribution in [0.2, 0.25) is 0 Å². The van der Waals surface area contributed by atoms with Crippen LogP contribution in [0, 0.1) is 17.1 Å². The first-order chi connectivity index (χ1) is 7.61. The summed E-state index contributed by atoms with van der Waals surface area (Å²) in [6.07, 6.45) is 0.0143. The van der Waals surface area contributed by atoms with E-state index in [2.05, 4.69) is 5.32 Å². The van der Waals surface area contributed by atoms with E-state index >= 15 is 0 Å². The zero-order valence-electron chi connectivity index (χ0n) is 8.53. The molecule has 0 fully saturated rings. The third kappa shape index (κ3) is 4.07. The average Bonchev–Trinajstić information content (AvgIpc) is 2.23. The lowest BCUT2D eigenvalue weighted by atomic mass is 10.1. The number of carboxylic acid groups (broad SMARTS) is 1. The minimum atomic E-state index is -0.885. The molecule has 0 radical (unpaired) electrons. The molecule has 0 bridgehead atoms. The van der Waals surface area contributed by atoms with Crippen molar-refractivity contribution in [2.24, 2.45) is 0 Å². The molecule has 2 N–H and O–H groups in total. The van der Waals surface area contributed by atoms with Crippen LogP contribution in [0.3, 0.4) is 0 Å². The molecule has 5 heteroatoms. The molecule has 0 saturated heterocycles. The highest BCUT2D eigenvalue weighted by molar-refractivity contribution is 5.66. The maximum Gasteiger partial charge on any atom is 0.304 e. The summed E-state index contributed by atoms with van der Waals surface area (Å²) in [4.78, 5) is 10.2. The second-order valence-electron chi connectivity index (χ2n) is 3.28. The number of carbonyl (C=O) groups is 1. The second-order valence-corrected chi connectivity index (χ2v) is 3.28. The normalized spacial score (nSPS) is 9.75. The number of carboxylic acids is 1. The quantitative estimate of drug-likeness (QED) is 0.735. The van der Waals surface area contributed by atoms with Crippen LogP contribution in [0.1, 0.15) is 17.5 Å². The van der Waals surface area contributed by atoms with Crippen LogP contribution in [0.15, 0.2) is 18.2 Å². The van der Waals surface area contributed by atoms with Crippen molar-refractivity contribution in [1.29, 1.82) is 5.26 Å². The van der Waals surface area contributed by atoms with Gasteiger partial charge in [0.1, 0.15) is 5.82 Å². The van der Waals surface area contributed by atoms with Gasteiger partial charge >= 0.3 is 5.97 Å². The van der Waals surface area contributed by atoms with Crippen molar-refractivity contribution in [1.82, 2.24) is 5.32 Å². The molecule has 0 spiro atoms. The van der Waals surface area contributed by atoms with E-state index in [0.717, 1.165) is 6.07 Å². The number of halogens is 1. The van der Waals surface area contributed by atoms with Crippen LogP contribution < -0.4 is 5.32 Å². The molecule has 1 aromatic carbocycles. The minimum Gasteiger partial charge on any atom is -0.481 e. The summed E-state index contributed by atoms with van der Waals surface area (Å²) in [5.74, 6) is -1.35. The number of aliphatic carboxylic acids is 1. The van der Waals surface area contributed by atoms with Crippen molar-refractivity contribution >= 4 is 5.97 Å². The van der Waals surface area contributed by atoms with Gasteiger partial charge in [0.25, 0.3) is 0 Å². The van der Waals surface area contributed by atoms with Gasteiger partial charge in [-0.15, -0.1) is 0 Å². The predicted molar refractivity (Wildman–Crippen MR) is 55.1 cm³/mol. The summed E-state index contributed by atoms with van der Waals surface area (Å²) in [5.41, 5.74) is 0.886. The maximum atomic E-state index is 13.0. The first-order valence-corrected chi connectivity index (χ1v) is 4.74. The molecule has 16 heavy (non-hydrogen) atoms. The smallest absolute Gasteiger partial charge is 0.304 e. The van der Waals surface area contributed by atoms with Crippen LogP contribution in [0.5, 0.6) is 0 Å². The summed E-state index contributed by atoms with van der Waals surface area (Å²) < 4.78 is 13.0. The lowest BCUT2D eigenvalue weighted by Crippen LogP contribution is -2.17. The van der Waals surface area contributed by atoms with Crippen molar-refractivity contribution in [3.05, 3.63) is 35.1 Å². The van der Waals surface area contributed by atoms with Gasteiger partial charge in [0.2, 0.25) is 0 Å². The maximum absolute atomic E-state index is 13.0. The monoisotopic (exact) mass is 222 g/mol. The van der Waals surface area contributed by atoms with E-state index in [-0.39, 0.29) is 12.0 Å². The molecular formula is C11H11FN2O2. The van der Waals surface area contributed by atoms with Gasteiger partial charge in [0, 0.05) is 13.1 Å². The van der Waals surface area contributed by atoms with Gasteiger partial charge in [-0.05, 0) is 23.8 Å². The zero-order chi connectivity index (χ0) is 12.0.